The maximum Gasteiger partial charge on any atom is 0.263 e. The molecule has 1 aromatic heterocycles. The summed E-state index contributed by atoms with van der Waals surface area (Å²) in [5.41, 5.74) is 1.50. The third kappa shape index (κ3) is 4.00. The Labute approximate surface area is 147 Å². The molecule has 0 aliphatic carbocycles. The highest BCUT2D eigenvalue weighted by atomic mass is 16.5. The molecule has 1 saturated heterocycles. The first-order valence-electron chi connectivity index (χ1n) is 8.87. The third-order valence-corrected chi connectivity index (χ3v) is 4.54. The fourth-order valence-corrected chi connectivity index (χ4v) is 3.41. The average Bonchev–Trinajstić information content (AvgIpc) is 2.62. The Morgan fingerprint density at radius 2 is 2.32 bits per heavy atom. The molecule has 3 rings (SSSR count). The SMILES string of the molecule is Cc1nc2cccc(NCCOCCO)c2c(=O)n1C1CCCNC1. The lowest BCUT2D eigenvalue weighted by Gasteiger charge is -2.26. The van der Waals surface area contributed by atoms with Crippen LogP contribution < -0.4 is 16.2 Å². The van der Waals surface area contributed by atoms with Crippen molar-refractivity contribution in [3.05, 3.63) is 34.4 Å². The largest absolute Gasteiger partial charge is 0.394 e. The van der Waals surface area contributed by atoms with Crippen LogP contribution >= 0.6 is 0 Å². The zero-order valence-corrected chi connectivity index (χ0v) is 14.6. The van der Waals surface area contributed by atoms with Crippen molar-refractivity contribution < 1.29 is 9.84 Å². The molecular formula is C18H26N4O3. The van der Waals surface area contributed by atoms with Crippen molar-refractivity contribution in [2.45, 2.75) is 25.8 Å². The van der Waals surface area contributed by atoms with Crippen molar-refractivity contribution in [3.63, 3.8) is 0 Å². The molecule has 1 aliphatic rings. The van der Waals surface area contributed by atoms with E-state index in [4.69, 9.17) is 9.84 Å². The Kier molecular flexibility index (Phi) is 6.01. The maximum absolute atomic E-state index is 13.2. The second kappa shape index (κ2) is 8.42. The lowest BCUT2D eigenvalue weighted by Crippen LogP contribution is -2.38. The molecule has 7 heteroatoms. The lowest BCUT2D eigenvalue weighted by molar-refractivity contribution is 0.0992. The van der Waals surface area contributed by atoms with Gasteiger partial charge in [0.1, 0.15) is 5.82 Å². The minimum Gasteiger partial charge on any atom is -0.394 e. The van der Waals surface area contributed by atoms with Gasteiger partial charge in [0, 0.05) is 18.8 Å². The van der Waals surface area contributed by atoms with Crippen molar-refractivity contribution in [1.82, 2.24) is 14.9 Å². The van der Waals surface area contributed by atoms with Gasteiger partial charge in [-0.15, -0.1) is 0 Å². The summed E-state index contributed by atoms with van der Waals surface area (Å²) in [4.78, 5) is 17.9. The molecule has 3 N–H and O–H groups in total. The van der Waals surface area contributed by atoms with Gasteiger partial charge in [0.2, 0.25) is 0 Å². The molecule has 25 heavy (non-hydrogen) atoms. The minimum atomic E-state index is 0.00979. The van der Waals surface area contributed by atoms with E-state index in [2.05, 4.69) is 15.6 Å². The number of hydrogen-bond donors (Lipinski definition) is 3. The van der Waals surface area contributed by atoms with Gasteiger partial charge in [-0.25, -0.2) is 4.98 Å². The van der Waals surface area contributed by atoms with E-state index in [-0.39, 0.29) is 18.2 Å². The highest BCUT2D eigenvalue weighted by Gasteiger charge is 2.20. The second-order valence-electron chi connectivity index (χ2n) is 6.30. The third-order valence-electron chi connectivity index (χ3n) is 4.54. The fraction of sp³-hybridized carbons (Fsp3) is 0.556. The zero-order chi connectivity index (χ0) is 17.6. The quantitative estimate of drug-likeness (QED) is 0.650. The summed E-state index contributed by atoms with van der Waals surface area (Å²) >= 11 is 0. The number of rotatable bonds is 7. The second-order valence-corrected chi connectivity index (χ2v) is 6.30. The molecule has 2 heterocycles. The standard InChI is InChI=1S/C18H26N4O3/c1-13-21-16-6-2-5-15(20-8-10-25-11-9-23)17(16)18(24)22(13)14-4-3-7-19-12-14/h2,5-6,14,19-20,23H,3-4,7-12H2,1H3. The Morgan fingerprint density at radius 3 is 3.08 bits per heavy atom. The summed E-state index contributed by atoms with van der Waals surface area (Å²) in [5, 5.41) is 16.0. The van der Waals surface area contributed by atoms with Gasteiger partial charge in [-0.2, -0.15) is 0 Å². The van der Waals surface area contributed by atoms with Crippen LogP contribution in [0.15, 0.2) is 23.0 Å². The number of anilines is 1. The number of piperidine rings is 1. The predicted octanol–water partition coefficient (Wildman–Crippen LogP) is 1.05. The maximum atomic E-state index is 13.2. The number of aryl methyl sites for hydroxylation is 1. The van der Waals surface area contributed by atoms with Crippen molar-refractivity contribution in [2.24, 2.45) is 0 Å². The van der Waals surface area contributed by atoms with Crippen molar-refractivity contribution in [2.75, 3.05) is 44.8 Å². The fourth-order valence-electron chi connectivity index (χ4n) is 3.41. The predicted molar refractivity (Wildman–Crippen MR) is 98.3 cm³/mol. The van der Waals surface area contributed by atoms with Gasteiger partial charge in [0.05, 0.1) is 36.8 Å². The number of ether oxygens (including phenoxy) is 1. The number of hydrogen-bond acceptors (Lipinski definition) is 6. The summed E-state index contributed by atoms with van der Waals surface area (Å²) in [5.74, 6) is 0.759. The van der Waals surface area contributed by atoms with E-state index < -0.39 is 0 Å². The Bertz CT molecular complexity index is 769. The Hall–Kier alpha value is -1.96. The number of benzene rings is 1. The first-order valence-corrected chi connectivity index (χ1v) is 8.87. The van der Waals surface area contributed by atoms with Gasteiger partial charge >= 0.3 is 0 Å². The average molecular weight is 346 g/mol. The van der Waals surface area contributed by atoms with Gasteiger partial charge in [-0.3, -0.25) is 9.36 Å². The first kappa shape index (κ1) is 17.8. The molecule has 1 unspecified atom stereocenters. The van der Waals surface area contributed by atoms with Gasteiger partial charge in [0.25, 0.3) is 5.56 Å². The lowest BCUT2D eigenvalue weighted by atomic mass is 10.1. The molecule has 0 saturated carbocycles. The van der Waals surface area contributed by atoms with Gasteiger partial charge in [-0.1, -0.05) is 6.07 Å². The van der Waals surface area contributed by atoms with Crippen LogP contribution in [0.4, 0.5) is 5.69 Å². The summed E-state index contributed by atoms with van der Waals surface area (Å²) in [7, 11) is 0. The molecule has 2 aromatic rings. The Morgan fingerprint density at radius 1 is 1.44 bits per heavy atom. The molecule has 0 spiro atoms. The topological polar surface area (TPSA) is 88.4 Å². The van der Waals surface area contributed by atoms with Gasteiger partial charge in [-0.05, 0) is 38.4 Å². The van der Waals surface area contributed by atoms with Crippen LogP contribution in [0.3, 0.4) is 0 Å². The van der Waals surface area contributed by atoms with Crippen LogP contribution in [0.25, 0.3) is 10.9 Å². The van der Waals surface area contributed by atoms with E-state index in [0.29, 0.717) is 30.7 Å². The molecule has 136 valence electrons. The van der Waals surface area contributed by atoms with Crippen molar-refractivity contribution in [1.29, 1.82) is 0 Å². The normalized spacial score (nSPS) is 17.8. The van der Waals surface area contributed by atoms with Crippen LogP contribution in [-0.2, 0) is 4.74 Å². The first-order chi connectivity index (χ1) is 12.2. The monoisotopic (exact) mass is 346 g/mol. The summed E-state index contributed by atoms with van der Waals surface area (Å²) in [6.07, 6.45) is 2.06. The van der Waals surface area contributed by atoms with Crippen molar-refractivity contribution >= 4 is 16.6 Å². The highest BCUT2D eigenvalue weighted by Crippen LogP contribution is 2.22. The zero-order valence-electron chi connectivity index (χ0n) is 14.6. The van der Waals surface area contributed by atoms with Crippen molar-refractivity contribution in [3.8, 4) is 0 Å². The van der Waals surface area contributed by atoms with Crippen LogP contribution in [0.1, 0.15) is 24.7 Å². The minimum absolute atomic E-state index is 0.00979. The molecule has 0 bridgehead atoms. The number of aliphatic hydroxyl groups excluding tert-OH is 1. The van der Waals surface area contributed by atoms with E-state index in [1.165, 1.54) is 0 Å². The number of aliphatic hydroxyl groups is 1. The van der Waals surface area contributed by atoms with E-state index in [1.54, 1.807) is 0 Å². The molecule has 0 amide bonds. The van der Waals surface area contributed by atoms with E-state index in [1.807, 2.05) is 29.7 Å². The summed E-state index contributed by atoms with van der Waals surface area (Å²) in [6.45, 7) is 5.08. The molecule has 1 aromatic carbocycles. The van der Waals surface area contributed by atoms with E-state index in [0.717, 1.165) is 37.4 Å². The molecular weight excluding hydrogens is 320 g/mol. The van der Waals surface area contributed by atoms with Gasteiger partial charge in [0.15, 0.2) is 0 Å². The number of aromatic nitrogens is 2. The number of nitrogens with one attached hydrogen (secondary N) is 2. The van der Waals surface area contributed by atoms with E-state index in [9.17, 15) is 4.79 Å². The highest BCUT2D eigenvalue weighted by molar-refractivity contribution is 5.90. The summed E-state index contributed by atoms with van der Waals surface area (Å²) in [6, 6.07) is 5.83. The molecule has 0 radical (unpaired) electrons. The number of fused-ring (bicyclic) bond motifs is 1. The van der Waals surface area contributed by atoms with Crippen LogP contribution in [0.5, 0.6) is 0 Å². The summed E-state index contributed by atoms with van der Waals surface area (Å²) < 4.78 is 7.10. The smallest absolute Gasteiger partial charge is 0.263 e. The van der Waals surface area contributed by atoms with Gasteiger partial charge < -0.3 is 20.5 Å². The number of nitrogens with zero attached hydrogens (tertiary/aromatic N) is 2. The molecule has 7 nitrogen and oxygen atoms in total. The Balaban J connectivity index is 1.91. The van der Waals surface area contributed by atoms with Crippen LogP contribution in [-0.4, -0.2) is 54.1 Å². The van der Waals surface area contributed by atoms with Crippen LogP contribution in [0, 0.1) is 6.92 Å². The van der Waals surface area contributed by atoms with E-state index >= 15 is 0 Å². The van der Waals surface area contributed by atoms with Crippen LogP contribution in [0.2, 0.25) is 0 Å². The molecule has 1 fully saturated rings. The molecule has 1 aliphatic heterocycles. The molecule has 1 atom stereocenters.